The van der Waals surface area contributed by atoms with Crippen LogP contribution in [0.15, 0.2) is 82.2 Å². The molecule has 10 nitrogen and oxygen atoms in total. The number of hydrogen-bond donors (Lipinski definition) is 2. The number of aryl methyl sites for hydroxylation is 1. The average molecular weight is 621 g/mol. The van der Waals surface area contributed by atoms with Crippen LogP contribution in [0.25, 0.3) is 0 Å². The van der Waals surface area contributed by atoms with Gasteiger partial charge in [0.15, 0.2) is 0 Å². The molecule has 0 aliphatic carbocycles. The van der Waals surface area contributed by atoms with Gasteiger partial charge in [0.2, 0.25) is 0 Å². The molecule has 13 heteroatoms. The molecule has 1 saturated heterocycles. The summed E-state index contributed by atoms with van der Waals surface area (Å²) >= 11 is 3.77. The minimum atomic E-state index is -4.50. The van der Waals surface area contributed by atoms with Crippen molar-refractivity contribution in [1.29, 1.82) is 0 Å². The minimum Gasteiger partial charge on any atom is -0.480 e. The largest absolute Gasteiger partial charge is 0.480 e. The first-order valence-corrected chi connectivity index (χ1v) is 14.2. The van der Waals surface area contributed by atoms with E-state index in [1.165, 1.54) is 12.1 Å². The fourth-order valence-corrected chi connectivity index (χ4v) is 6.58. The molecule has 2 N–H and O–H groups in total. The maximum Gasteiger partial charge on any atom is 0.391 e. The molecule has 1 fully saturated rings. The van der Waals surface area contributed by atoms with Crippen molar-refractivity contribution in [3.63, 3.8) is 0 Å². The van der Waals surface area contributed by atoms with Crippen LogP contribution in [0.4, 0.5) is 16.2 Å². The number of rotatable bonds is 9. The molecule has 1 heterocycles. The second-order valence-corrected chi connectivity index (χ2v) is 11.9. The van der Waals surface area contributed by atoms with Crippen molar-refractivity contribution < 1.29 is 32.6 Å². The Bertz CT molecular complexity index is 1450. The number of para-hydroxylation sites is 1. The number of carboxylic acid groups (broad SMARTS) is 1. The van der Waals surface area contributed by atoms with E-state index in [1.54, 1.807) is 43.3 Å². The van der Waals surface area contributed by atoms with Crippen LogP contribution in [-0.4, -0.2) is 52.2 Å². The highest BCUT2D eigenvalue weighted by atomic mass is 79.9. The monoisotopic (exact) mass is 619 g/mol. The molecule has 0 radical (unpaired) electrons. The highest BCUT2D eigenvalue weighted by Crippen LogP contribution is 2.31. The third-order valence-corrected chi connectivity index (χ3v) is 8.87. The van der Waals surface area contributed by atoms with Crippen LogP contribution in [0.1, 0.15) is 11.1 Å². The van der Waals surface area contributed by atoms with E-state index in [0.29, 0.717) is 21.9 Å². The van der Waals surface area contributed by atoms with Gasteiger partial charge in [-0.3, -0.25) is 9.59 Å². The second-order valence-electron chi connectivity index (χ2n) is 8.28. The lowest BCUT2D eigenvalue weighted by molar-refractivity contribution is -0.147. The molecule has 0 bridgehead atoms. The quantitative estimate of drug-likeness (QED) is 0.197. The van der Waals surface area contributed by atoms with E-state index >= 15 is 0 Å². The number of halogens is 1. The van der Waals surface area contributed by atoms with E-state index in [4.69, 9.17) is 0 Å². The number of carbonyl (C=O) groups excluding carboxylic acids is 2. The van der Waals surface area contributed by atoms with E-state index in [2.05, 4.69) is 26.0 Å². The number of nitrogens with one attached hydrogen (secondary N) is 1. The van der Waals surface area contributed by atoms with Crippen molar-refractivity contribution in [2.75, 3.05) is 11.9 Å². The smallest absolute Gasteiger partial charge is 0.391 e. The van der Waals surface area contributed by atoms with Crippen LogP contribution in [0.2, 0.25) is 0 Å². The Labute approximate surface area is 231 Å². The summed E-state index contributed by atoms with van der Waals surface area (Å²) in [5, 5.41) is 12.3. The standard InChI is InChI=1S/C25H22BrN3O7S2/c1-16-6-12-19(13-7-16)38(34,35)29(28-15-23(30)36-25(33)37-28)22(24(31)32)14-17-8-10-18(11-9-17)27-21-5-3-2-4-20(21)26/h2-13,22,27H,14-15H2,1H3,(H,31,32)/t22-/m0/s1. The van der Waals surface area contributed by atoms with Gasteiger partial charge in [0.25, 0.3) is 10.0 Å². The van der Waals surface area contributed by atoms with Crippen molar-refractivity contribution >= 4 is 66.5 Å². The average Bonchev–Trinajstić information content (AvgIpc) is 2.85. The number of carboxylic acids is 1. The predicted octanol–water partition coefficient (Wildman–Crippen LogP) is 4.73. The number of anilines is 2. The first-order chi connectivity index (χ1) is 18.0. The third kappa shape index (κ3) is 6.42. The van der Waals surface area contributed by atoms with Gasteiger partial charge in [0.1, 0.15) is 12.6 Å². The number of cyclic esters (lactones) is 2. The number of ether oxygens (including phenoxy) is 1. The van der Waals surface area contributed by atoms with Crippen LogP contribution in [0.5, 0.6) is 0 Å². The summed E-state index contributed by atoms with van der Waals surface area (Å²) in [5.41, 5.74) is 2.89. The lowest BCUT2D eigenvalue weighted by Gasteiger charge is -2.36. The van der Waals surface area contributed by atoms with Crippen molar-refractivity contribution in [2.45, 2.75) is 24.3 Å². The number of aliphatic carboxylic acids is 1. The van der Waals surface area contributed by atoms with Gasteiger partial charge in [-0.05, 0) is 64.8 Å². The van der Waals surface area contributed by atoms with Crippen LogP contribution in [-0.2, 0) is 30.8 Å². The molecular formula is C25H22BrN3O7S2. The summed E-state index contributed by atoms with van der Waals surface area (Å²) in [5.74, 6) is -2.45. The molecule has 3 aromatic carbocycles. The molecule has 0 amide bonds. The first kappa shape index (κ1) is 27.8. The Morgan fingerprint density at radius 1 is 1.11 bits per heavy atom. The molecule has 198 valence electrons. The Kier molecular flexibility index (Phi) is 8.53. The van der Waals surface area contributed by atoms with Crippen molar-refractivity contribution in [3.8, 4) is 0 Å². The lowest BCUT2D eigenvalue weighted by atomic mass is 10.1. The summed E-state index contributed by atoms with van der Waals surface area (Å²) in [7, 11) is -4.50. The highest BCUT2D eigenvalue weighted by molar-refractivity contribution is 9.10. The number of sulfonamides is 1. The van der Waals surface area contributed by atoms with Gasteiger partial charge in [-0.25, -0.2) is 13.2 Å². The number of benzene rings is 3. The van der Waals surface area contributed by atoms with Gasteiger partial charge in [-0.2, -0.15) is 0 Å². The SMILES string of the molecule is Cc1ccc(S(=O)(=O)N([C@@H](Cc2ccc(Nc3ccccc3Br)cc2)C(=O)O)N2CC(=O)OC(=O)S2)cc1. The van der Waals surface area contributed by atoms with Crippen LogP contribution in [0.3, 0.4) is 0 Å². The first-order valence-electron chi connectivity index (χ1n) is 11.2. The molecule has 0 aromatic heterocycles. The fourth-order valence-electron chi connectivity index (χ4n) is 3.67. The van der Waals surface area contributed by atoms with E-state index < -0.39 is 39.8 Å². The second kappa shape index (κ2) is 11.7. The Morgan fingerprint density at radius 3 is 2.37 bits per heavy atom. The van der Waals surface area contributed by atoms with Gasteiger partial charge in [0.05, 0.1) is 22.5 Å². The molecule has 1 aliphatic rings. The number of esters is 1. The molecule has 38 heavy (non-hydrogen) atoms. The van der Waals surface area contributed by atoms with Crippen molar-refractivity contribution in [2.24, 2.45) is 0 Å². The summed E-state index contributed by atoms with van der Waals surface area (Å²) in [6.45, 7) is 1.14. The summed E-state index contributed by atoms with van der Waals surface area (Å²) in [6.07, 6.45) is -0.240. The Balaban J connectivity index is 1.67. The predicted molar refractivity (Wildman–Crippen MR) is 145 cm³/mol. The highest BCUT2D eigenvalue weighted by Gasteiger charge is 2.44. The van der Waals surface area contributed by atoms with Crippen molar-refractivity contribution in [1.82, 2.24) is 8.83 Å². The van der Waals surface area contributed by atoms with Crippen LogP contribution < -0.4 is 5.32 Å². The minimum absolute atomic E-state index is 0.186. The number of hydrogen-bond acceptors (Lipinski definition) is 9. The zero-order valence-corrected chi connectivity index (χ0v) is 23.1. The van der Waals surface area contributed by atoms with Gasteiger partial charge >= 0.3 is 17.2 Å². The van der Waals surface area contributed by atoms with Gasteiger partial charge in [-0.15, -0.1) is 8.83 Å². The number of nitrogens with zero attached hydrogens (tertiary/aromatic N) is 2. The number of hydrazine groups is 1. The molecule has 0 saturated carbocycles. The molecule has 0 spiro atoms. The summed E-state index contributed by atoms with van der Waals surface area (Å²) in [6, 6.07) is 18.5. The Hall–Kier alpha value is -3.23. The summed E-state index contributed by atoms with van der Waals surface area (Å²) in [4.78, 5) is 36.2. The number of carbonyl (C=O) groups is 3. The van der Waals surface area contributed by atoms with Crippen LogP contribution >= 0.6 is 27.9 Å². The zero-order valence-electron chi connectivity index (χ0n) is 19.9. The topological polar surface area (TPSA) is 133 Å². The molecular weight excluding hydrogens is 598 g/mol. The molecule has 4 rings (SSSR count). The Morgan fingerprint density at radius 2 is 1.76 bits per heavy atom. The fraction of sp³-hybridized carbons (Fsp3) is 0.160. The summed E-state index contributed by atoms with van der Waals surface area (Å²) < 4.78 is 34.2. The van der Waals surface area contributed by atoms with E-state index in [1.807, 2.05) is 24.3 Å². The van der Waals surface area contributed by atoms with Crippen molar-refractivity contribution in [3.05, 3.63) is 88.4 Å². The van der Waals surface area contributed by atoms with Gasteiger partial charge in [-0.1, -0.05) is 42.0 Å². The van der Waals surface area contributed by atoms with E-state index in [9.17, 15) is 27.9 Å². The van der Waals surface area contributed by atoms with Crippen LogP contribution in [0, 0.1) is 6.92 Å². The van der Waals surface area contributed by atoms with E-state index in [-0.39, 0.29) is 11.3 Å². The lowest BCUT2D eigenvalue weighted by Crippen LogP contribution is -2.56. The van der Waals surface area contributed by atoms with Gasteiger partial charge in [0, 0.05) is 16.6 Å². The maximum atomic E-state index is 13.7. The maximum absolute atomic E-state index is 13.7. The molecule has 0 unspecified atom stereocenters. The van der Waals surface area contributed by atoms with E-state index in [0.717, 1.165) is 25.8 Å². The molecule has 1 atom stereocenters. The molecule has 1 aliphatic heterocycles. The molecule has 3 aromatic rings. The van der Waals surface area contributed by atoms with Gasteiger partial charge < -0.3 is 15.2 Å². The normalized spacial score (nSPS) is 15.2. The third-order valence-electron chi connectivity index (χ3n) is 5.51. The zero-order chi connectivity index (χ0) is 27.4.